The lowest BCUT2D eigenvalue weighted by Gasteiger charge is -2.22. The third-order valence-electron chi connectivity index (χ3n) is 4.13. The molecule has 2 heterocycles. The van der Waals surface area contributed by atoms with Crippen LogP contribution in [0.5, 0.6) is 0 Å². The van der Waals surface area contributed by atoms with Crippen LogP contribution in [0, 0.1) is 17.8 Å². The van der Waals surface area contributed by atoms with Crippen molar-refractivity contribution in [3.8, 4) is 0 Å². The van der Waals surface area contributed by atoms with Crippen molar-refractivity contribution in [3.05, 3.63) is 0 Å². The molecule has 0 bridgehead atoms. The van der Waals surface area contributed by atoms with E-state index < -0.39 is 0 Å². The fourth-order valence-electron chi connectivity index (χ4n) is 3.05. The van der Waals surface area contributed by atoms with Crippen molar-refractivity contribution < 1.29 is 4.79 Å². The van der Waals surface area contributed by atoms with E-state index in [4.69, 9.17) is 0 Å². The number of amides is 1. The summed E-state index contributed by atoms with van der Waals surface area (Å²) in [6, 6.07) is 0. The zero-order valence-electron chi connectivity index (χ0n) is 10.5. The quantitative estimate of drug-likeness (QED) is 0.788. The van der Waals surface area contributed by atoms with Crippen molar-refractivity contribution in [1.29, 1.82) is 0 Å². The molecule has 2 saturated heterocycles. The predicted octanol–water partition coefficient (Wildman–Crippen LogP) is 1.49. The summed E-state index contributed by atoms with van der Waals surface area (Å²) in [7, 11) is 0. The van der Waals surface area contributed by atoms with Crippen LogP contribution in [0.15, 0.2) is 0 Å². The number of hydrogen-bond donors (Lipinski definition) is 1. The Morgan fingerprint density at radius 2 is 2.25 bits per heavy atom. The van der Waals surface area contributed by atoms with Crippen LogP contribution in [-0.4, -0.2) is 37.0 Å². The molecule has 0 radical (unpaired) electrons. The summed E-state index contributed by atoms with van der Waals surface area (Å²) in [4.78, 5) is 14.4. The third kappa shape index (κ3) is 2.40. The predicted molar refractivity (Wildman–Crippen MR) is 65.1 cm³/mol. The second kappa shape index (κ2) is 5.17. The molecule has 2 aliphatic rings. The lowest BCUT2D eigenvalue weighted by molar-refractivity contribution is -0.135. The average molecular weight is 224 g/mol. The van der Waals surface area contributed by atoms with Crippen LogP contribution < -0.4 is 5.32 Å². The van der Waals surface area contributed by atoms with E-state index in [2.05, 4.69) is 24.1 Å². The number of carbonyl (C=O) groups is 1. The monoisotopic (exact) mass is 224 g/mol. The van der Waals surface area contributed by atoms with Crippen LogP contribution in [0.1, 0.15) is 33.1 Å². The van der Waals surface area contributed by atoms with E-state index in [1.807, 2.05) is 0 Å². The molecule has 2 rings (SSSR count). The molecule has 3 heteroatoms. The average Bonchev–Trinajstić information content (AvgIpc) is 2.87. The molecule has 0 spiro atoms. The third-order valence-corrected chi connectivity index (χ3v) is 4.13. The van der Waals surface area contributed by atoms with Gasteiger partial charge in [-0.15, -0.1) is 0 Å². The van der Waals surface area contributed by atoms with E-state index in [0.717, 1.165) is 32.1 Å². The molecule has 0 aromatic carbocycles. The molecular formula is C13H24N2O. The Morgan fingerprint density at radius 1 is 1.44 bits per heavy atom. The Bertz CT molecular complexity index is 254. The van der Waals surface area contributed by atoms with Crippen molar-refractivity contribution in [2.24, 2.45) is 17.8 Å². The second-order valence-corrected chi connectivity index (χ2v) is 5.47. The maximum absolute atomic E-state index is 12.3. The Kier molecular flexibility index (Phi) is 3.85. The van der Waals surface area contributed by atoms with E-state index >= 15 is 0 Å². The van der Waals surface area contributed by atoms with E-state index in [0.29, 0.717) is 11.8 Å². The minimum absolute atomic E-state index is 0.236. The number of likely N-dealkylation sites (tertiary alicyclic amines) is 1. The number of rotatable bonds is 3. The van der Waals surface area contributed by atoms with Gasteiger partial charge in [0, 0.05) is 19.6 Å². The first-order valence-electron chi connectivity index (χ1n) is 6.72. The zero-order chi connectivity index (χ0) is 11.5. The Hall–Kier alpha value is -0.570. The fourth-order valence-corrected chi connectivity index (χ4v) is 3.05. The zero-order valence-corrected chi connectivity index (χ0v) is 10.5. The fraction of sp³-hybridized carbons (Fsp3) is 0.923. The van der Waals surface area contributed by atoms with Gasteiger partial charge in [0.1, 0.15) is 0 Å². The Balaban J connectivity index is 1.86. The van der Waals surface area contributed by atoms with E-state index in [9.17, 15) is 4.79 Å². The molecular weight excluding hydrogens is 200 g/mol. The van der Waals surface area contributed by atoms with E-state index in [-0.39, 0.29) is 5.92 Å². The van der Waals surface area contributed by atoms with Crippen molar-refractivity contribution in [3.63, 3.8) is 0 Å². The molecule has 3 nitrogen and oxygen atoms in total. The van der Waals surface area contributed by atoms with Gasteiger partial charge in [-0.2, -0.15) is 0 Å². The normalized spacial score (nSPS) is 34.6. The van der Waals surface area contributed by atoms with Gasteiger partial charge in [-0.25, -0.2) is 0 Å². The van der Waals surface area contributed by atoms with Gasteiger partial charge in [-0.1, -0.05) is 20.3 Å². The van der Waals surface area contributed by atoms with Gasteiger partial charge in [0.05, 0.1) is 5.92 Å². The van der Waals surface area contributed by atoms with Gasteiger partial charge in [-0.3, -0.25) is 4.79 Å². The van der Waals surface area contributed by atoms with Crippen molar-refractivity contribution in [2.75, 3.05) is 26.2 Å². The smallest absolute Gasteiger partial charge is 0.227 e. The van der Waals surface area contributed by atoms with Gasteiger partial charge >= 0.3 is 0 Å². The van der Waals surface area contributed by atoms with Crippen LogP contribution in [-0.2, 0) is 4.79 Å². The summed E-state index contributed by atoms with van der Waals surface area (Å²) in [5, 5.41) is 3.32. The summed E-state index contributed by atoms with van der Waals surface area (Å²) in [5.41, 5.74) is 0. The second-order valence-electron chi connectivity index (χ2n) is 5.47. The molecule has 0 aliphatic carbocycles. The van der Waals surface area contributed by atoms with Crippen molar-refractivity contribution in [2.45, 2.75) is 33.1 Å². The lowest BCUT2D eigenvalue weighted by Crippen LogP contribution is -2.37. The highest BCUT2D eigenvalue weighted by molar-refractivity contribution is 5.80. The summed E-state index contributed by atoms with van der Waals surface area (Å²) < 4.78 is 0. The molecule has 0 aromatic heterocycles. The van der Waals surface area contributed by atoms with E-state index in [1.54, 1.807) is 0 Å². The molecule has 0 aromatic rings. The molecule has 92 valence electrons. The standard InChI is InChI=1S/C13H24N2O/c1-3-4-11-5-6-15(9-11)13(16)12-8-14-7-10(12)2/h10-12,14H,3-9H2,1-2H3. The van der Waals surface area contributed by atoms with Crippen LogP contribution >= 0.6 is 0 Å². The number of hydrogen-bond acceptors (Lipinski definition) is 2. The van der Waals surface area contributed by atoms with Crippen molar-refractivity contribution >= 4 is 5.91 Å². The van der Waals surface area contributed by atoms with Crippen LogP contribution in [0.4, 0.5) is 0 Å². The van der Waals surface area contributed by atoms with Gasteiger partial charge in [-0.05, 0) is 31.2 Å². The van der Waals surface area contributed by atoms with Crippen LogP contribution in [0.2, 0.25) is 0 Å². The summed E-state index contributed by atoms with van der Waals surface area (Å²) >= 11 is 0. The SMILES string of the molecule is CCCC1CCN(C(=O)C2CNCC2C)C1. The summed E-state index contributed by atoms with van der Waals surface area (Å²) in [5.74, 6) is 1.91. The minimum Gasteiger partial charge on any atom is -0.342 e. The molecule has 0 saturated carbocycles. The minimum atomic E-state index is 0.236. The van der Waals surface area contributed by atoms with Gasteiger partial charge in [0.15, 0.2) is 0 Å². The van der Waals surface area contributed by atoms with Gasteiger partial charge < -0.3 is 10.2 Å². The van der Waals surface area contributed by atoms with Crippen LogP contribution in [0.3, 0.4) is 0 Å². The molecule has 1 N–H and O–H groups in total. The molecule has 3 unspecified atom stereocenters. The highest BCUT2D eigenvalue weighted by Gasteiger charge is 2.35. The lowest BCUT2D eigenvalue weighted by atomic mass is 9.96. The first-order valence-corrected chi connectivity index (χ1v) is 6.72. The van der Waals surface area contributed by atoms with E-state index in [1.165, 1.54) is 19.3 Å². The maximum atomic E-state index is 12.3. The Labute approximate surface area is 98.6 Å². The van der Waals surface area contributed by atoms with Crippen molar-refractivity contribution in [1.82, 2.24) is 10.2 Å². The maximum Gasteiger partial charge on any atom is 0.227 e. The molecule has 16 heavy (non-hydrogen) atoms. The summed E-state index contributed by atoms with van der Waals surface area (Å²) in [6.45, 7) is 8.30. The van der Waals surface area contributed by atoms with Gasteiger partial charge in [0.2, 0.25) is 5.91 Å². The highest BCUT2D eigenvalue weighted by Crippen LogP contribution is 2.25. The van der Waals surface area contributed by atoms with Gasteiger partial charge in [0.25, 0.3) is 0 Å². The largest absolute Gasteiger partial charge is 0.342 e. The number of nitrogens with zero attached hydrogens (tertiary/aromatic N) is 1. The summed E-state index contributed by atoms with van der Waals surface area (Å²) in [6.07, 6.45) is 3.74. The molecule has 3 atom stereocenters. The molecule has 1 amide bonds. The number of nitrogens with one attached hydrogen (secondary N) is 1. The highest BCUT2D eigenvalue weighted by atomic mass is 16.2. The number of carbonyl (C=O) groups excluding carboxylic acids is 1. The molecule has 2 fully saturated rings. The first-order chi connectivity index (χ1) is 7.72. The van der Waals surface area contributed by atoms with Crippen LogP contribution in [0.25, 0.3) is 0 Å². The Morgan fingerprint density at radius 3 is 2.88 bits per heavy atom. The first kappa shape index (κ1) is 11.9. The molecule has 2 aliphatic heterocycles. The topological polar surface area (TPSA) is 32.3 Å².